The van der Waals surface area contributed by atoms with Crippen LogP contribution in [-0.4, -0.2) is 4.98 Å². The highest BCUT2D eigenvalue weighted by Gasteiger charge is 1.80. The Bertz CT molecular complexity index is 179. The highest BCUT2D eigenvalue weighted by atomic mass is 14.6. The summed E-state index contributed by atoms with van der Waals surface area (Å²) in [4.78, 5) is 3.98. The fourth-order valence-corrected chi connectivity index (χ4v) is 0.448. The van der Waals surface area contributed by atoms with Crippen LogP contribution in [0.3, 0.4) is 0 Å². The van der Waals surface area contributed by atoms with Crippen LogP contribution in [0.1, 0.15) is 32.9 Å². The van der Waals surface area contributed by atoms with Crippen molar-refractivity contribution >= 4 is 0 Å². The fourth-order valence-electron chi connectivity index (χ4n) is 0.448. The van der Waals surface area contributed by atoms with Crippen LogP contribution < -0.4 is 0 Å². The molecule has 1 aromatic rings. The zero-order valence-corrected chi connectivity index (χ0v) is 8.54. The Morgan fingerprint density at radius 3 is 2.08 bits per heavy atom. The maximum absolute atomic E-state index is 3.98. The lowest BCUT2D eigenvalue weighted by Gasteiger charge is -1.90. The molecule has 0 saturated heterocycles. The number of nitrogens with zero attached hydrogens (tertiary/aromatic N) is 1. The lowest BCUT2D eigenvalue weighted by Crippen LogP contribution is -1.77. The molecule has 0 atom stereocenters. The van der Waals surface area contributed by atoms with Crippen molar-refractivity contribution in [3.63, 3.8) is 0 Å². The van der Waals surface area contributed by atoms with E-state index in [4.69, 9.17) is 0 Å². The zero-order valence-electron chi connectivity index (χ0n) is 8.54. The highest BCUT2D eigenvalue weighted by molar-refractivity contribution is 4.99. The summed E-state index contributed by atoms with van der Waals surface area (Å²) in [6.45, 7) is 8.62. The molecule has 0 aliphatic heterocycles. The van der Waals surface area contributed by atoms with Crippen molar-refractivity contribution in [2.24, 2.45) is 5.92 Å². The van der Waals surface area contributed by atoms with Crippen molar-refractivity contribution in [2.45, 2.75) is 34.1 Å². The summed E-state index contributed by atoms with van der Waals surface area (Å²) in [6, 6.07) is 5.86. The molecule has 1 heteroatoms. The van der Waals surface area contributed by atoms with Gasteiger partial charge in [0.2, 0.25) is 0 Å². The fraction of sp³-hybridized carbons (Fsp3) is 0.545. The monoisotopic (exact) mass is 165 g/mol. The Hall–Kier alpha value is -0.850. The topological polar surface area (TPSA) is 12.9 Å². The first-order valence-electron chi connectivity index (χ1n) is 4.54. The predicted molar refractivity (Wildman–Crippen MR) is 54.1 cm³/mol. The molecule has 0 fully saturated rings. The molecule has 0 spiro atoms. The first kappa shape index (κ1) is 11.2. The maximum atomic E-state index is 3.98. The zero-order chi connectivity index (χ0) is 9.40. The predicted octanol–water partition coefficient (Wildman–Crippen LogP) is 3.44. The van der Waals surface area contributed by atoms with Crippen LogP contribution in [0.25, 0.3) is 0 Å². The standard InChI is InChI=1S/C6H7N.C5H12/c1-6-4-2-3-5-7-6;1-4-5(2)3/h2-5H,1H3;5H,4H2,1-3H3. The van der Waals surface area contributed by atoms with Gasteiger partial charge in [0, 0.05) is 11.9 Å². The van der Waals surface area contributed by atoms with Crippen molar-refractivity contribution in [3.8, 4) is 0 Å². The molecule has 12 heavy (non-hydrogen) atoms. The second-order valence-corrected chi connectivity index (χ2v) is 3.27. The van der Waals surface area contributed by atoms with E-state index in [0.29, 0.717) is 0 Å². The lowest BCUT2D eigenvalue weighted by atomic mass is 10.2. The molecule has 0 radical (unpaired) electrons. The summed E-state index contributed by atoms with van der Waals surface area (Å²) in [5.74, 6) is 0.884. The minimum Gasteiger partial charge on any atom is -0.262 e. The second-order valence-electron chi connectivity index (χ2n) is 3.27. The molecule has 1 heterocycles. The number of hydrogen-bond donors (Lipinski definition) is 0. The van der Waals surface area contributed by atoms with Gasteiger partial charge in [-0.2, -0.15) is 0 Å². The van der Waals surface area contributed by atoms with Crippen LogP contribution in [0.15, 0.2) is 24.4 Å². The average Bonchev–Trinajstić information content (AvgIpc) is 2.07. The van der Waals surface area contributed by atoms with Crippen molar-refractivity contribution in [1.29, 1.82) is 0 Å². The third-order valence-electron chi connectivity index (χ3n) is 1.63. The molecule has 68 valence electrons. The summed E-state index contributed by atoms with van der Waals surface area (Å²) in [6.07, 6.45) is 3.09. The number of aryl methyl sites for hydroxylation is 1. The van der Waals surface area contributed by atoms with Crippen LogP contribution in [0.5, 0.6) is 0 Å². The van der Waals surface area contributed by atoms with Gasteiger partial charge < -0.3 is 0 Å². The molecular weight excluding hydrogens is 146 g/mol. The first-order valence-corrected chi connectivity index (χ1v) is 4.54. The van der Waals surface area contributed by atoms with Gasteiger partial charge in [-0.15, -0.1) is 0 Å². The molecular formula is C11H19N. The van der Waals surface area contributed by atoms with Gasteiger partial charge in [0.1, 0.15) is 0 Å². The quantitative estimate of drug-likeness (QED) is 0.621. The molecule has 1 nitrogen and oxygen atoms in total. The molecule has 0 bridgehead atoms. The smallest absolute Gasteiger partial charge is 0.0372 e. The maximum Gasteiger partial charge on any atom is 0.0372 e. The normalized spacial score (nSPS) is 9.08. The Balaban J connectivity index is 0.000000217. The largest absolute Gasteiger partial charge is 0.262 e. The highest BCUT2D eigenvalue weighted by Crippen LogP contribution is 1.93. The Labute approximate surface area is 75.8 Å². The summed E-state index contributed by atoms with van der Waals surface area (Å²) in [5, 5.41) is 0. The molecule has 0 aliphatic carbocycles. The van der Waals surface area contributed by atoms with E-state index >= 15 is 0 Å². The first-order chi connectivity index (χ1) is 5.66. The molecule has 0 N–H and O–H groups in total. The van der Waals surface area contributed by atoms with E-state index in [2.05, 4.69) is 25.8 Å². The number of hydrogen-bond acceptors (Lipinski definition) is 1. The second kappa shape index (κ2) is 6.84. The molecule has 0 unspecified atom stereocenters. The molecule has 0 amide bonds. The average molecular weight is 165 g/mol. The Morgan fingerprint density at radius 1 is 1.33 bits per heavy atom. The number of aromatic nitrogens is 1. The third-order valence-corrected chi connectivity index (χ3v) is 1.63. The van der Waals surface area contributed by atoms with E-state index in [9.17, 15) is 0 Å². The van der Waals surface area contributed by atoms with Crippen LogP contribution >= 0.6 is 0 Å². The van der Waals surface area contributed by atoms with Gasteiger partial charge in [-0.25, -0.2) is 0 Å². The summed E-state index contributed by atoms with van der Waals surface area (Å²) >= 11 is 0. The Kier molecular flexibility index (Phi) is 6.35. The van der Waals surface area contributed by atoms with Gasteiger partial charge in [0.05, 0.1) is 0 Å². The van der Waals surface area contributed by atoms with Crippen LogP contribution in [0, 0.1) is 12.8 Å². The van der Waals surface area contributed by atoms with Crippen molar-refractivity contribution in [3.05, 3.63) is 30.1 Å². The molecule has 0 aliphatic rings. The van der Waals surface area contributed by atoms with Crippen LogP contribution in [-0.2, 0) is 0 Å². The van der Waals surface area contributed by atoms with Crippen LogP contribution in [0.2, 0.25) is 0 Å². The summed E-state index contributed by atoms with van der Waals surface area (Å²) < 4.78 is 0. The molecule has 0 aromatic carbocycles. The minimum atomic E-state index is 0.884. The van der Waals surface area contributed by atoms with Crippen molar-refractivity contribution < 1.29 is 0 Å². The van der Waals surface area contributed by atoms with Gasteiger partial charge in [-0.3, -0.25) is 4.98 Å². The van der Waals surface area contributed by atoms with E-state index in [-0.39, 0.29) is 0 Å². The SMILES string of the molecule is CCC(C)C.Cc1ccccn1. The van der Waals surface area contributed by atoms with E-state index < -0.39 is 0 Å². The third kappa shape index (κ3) is 7.26. The number of rotatable bonds is 1. The summed E-state index contributed by atoms with van der Waals surface area (Å²) in [5.41, 5.74) is 1.07. The number of pyridine rings is 1. The van der Waals surface area contributed by atoms with E-state index in [1.165, 1.54) is 6.42 Å². The van der Waals surface area contributed by atoms with E-state index in [1.54, 1.807) is 6.20 Å². The molecule has 1 rings (SSSR count). The minimum absolute atomic E-state index is 0.884. The molecule has 0 saturated carbocycles. The van der Waals surface area contributed by atoms with Gasteiger partial charge in [-0.05, 0) is 25.0 Å². The van der Waals surface area contributed by atoms with Crippen molar-refractivity contribution in [1.82, 2.24) is 4.98 Å². The molecule has 1 aromatic heterocycles. The van der Waals surface area contributed by atoms with Gasteiger partial charge in [0.25, 0.3) is 0 Å². The van der Waals surface area contributed by atoms with E-state index in [0.717, 1.165) is 11.6 Å². The summed E-state index contributed by atoms with van der Waals surface area (Å²) in [7, 11) is 0. The van der Waals surface area contributed by atoms with Crippen molar-refractivity contribution in [2.75, 3.05) is 0 Å². The van der Waals surface area contributed by atoms with Crippen LogP contribution in [0.4, 0.5) is 0 Å². The Morgan fingerprint density at radius 2 is 1.92 bits per heavy atom. The van der Waals surface area contributed by atoms with E-state index in [1.807, 2.05) is 25.1 Å². The van der Waals surface area contributed by atoms with Gasteiger partial charge in [-0.1, -0.05) is 33.3 Å². The lowest BCUT2D eigenvalue weighted by molar-refractivity contribution is 0.626. The van der Waals surface area contributed by atoms with Gasteiger partial charge in [0.15, 0.2) is 0 Å². The van der Waals surface area contributed by atoms with Gasteiger partial charge >= 0.3 is 0 Å².